The van der Waals surface area contributed by atoms with Gasteiger partial charge in [0, 0.05) is 18.3 Å². The van der Waals surface area contributed by atoms with Crippen molar-refractivity contribution in [1.82, 2.24) is 14.2 Å². The van der Waals surface area contributed by atoms with Crippen molar-refractivity contribution in [3.63, 3.8) is 0 Å². The van der Waals surface area contributed by atoms with E-state index in [0.717, 1.165) is 46.7 Å². The van der Waals surface area contributed by atoms with Gasteiger partial charge in [-0.15, -0.1) is 4.09 Å². The second-order valence-electron chi connectivity index (χ2n) is 10.5. The number of fused-ring (bicyclic) bond motifs is 7. The van der Waals surface area contributed by atoms with Crippen molar-refractivity contribution < 1.29 is 17.9 Å². The number of nitrogens with zero attached hydrogens (tertiary/aromatic N) is 5. The standard InChI is InChI=1S/C27H30N6O4S/c1-17-5-8-22-24(12-17)32-15-18(2)4-3-11-37-26-21(14-29-33(26)38(35,36)16-19-6-7-19)23-13-20(9-10-28-23)25(34)31-27(32)30-22/h5,8-10,12-14,18-19H,3-4,6-7,11,15-16H2,1-2H3,(H,30,31,34)/t18-/m1/s1. The third-order valence-corrected chi connectivity index (χ3v) is 8.79. The summed E-state index contributed by atoms with van der Waals surface area (Å²) >= 11 is 0. The van der Waals surface area contributed by atoms with E-state index in [-0.39, 0.29) is 23.5 Å². The van der Waals surface area contributed by atoms with Gasteiger partial charge in [-0.05, 0) is 74.3 Å². The van der Waals surface area contributed by atoms with Crippen LogP contribution in [0.25, 0.3) is 11.3 Å². The second kappa shape index (κ2) is 9.54. The van der Waals surface area contributed by atoms with Gasteiger partial charge in [-0.1, -0.05) is 13.0 Å². The maximum atomic E-state index is 13.3. The second-order valence-corrected chi connectivity index (χ2v) is 12.3. The molecule has 2 bridgehead atoms. The Bertz CT molecular complexity index is 1540. The van der Waals surface area contributed by atoms with Gasteiger partial charge in [-0.25, -0.2) is 8.42 Å². The number of aliphatic imine (C=N–C) groups is 1. The number of rotatable bonds is 3. The summed E-state index contributed by atoms with van der Waals surface area (Å²) in [5.74, 6) is 0.662. The van der Waals surface area contributed by atoms with Crippen LogP contribution in [0.4, 0.5) is 11.4 Å². The van der Waals surface area contributed by atoms with Gasteiger partial charge in [0.15, 0.2) is 0 Å². The van der Waals surface area contributed by atoms with Gasteiger partial charge in [0.05, 0.1) is 41.2 Å². The van der Waals surface area contributed by atoms with Gasteiger partial charge in [-0.3, -0.25) is 9.78 Å². The summed E-state index contributed by atoms with van der Waals surface area (Å²) in [4.78, 5) is 24.3. The van der Waals surface area contributed by atoms with Crippen molar-refractivity contribution in [3.05, 3.63) is 53.9 Å². The van der Waals surface area contributed by atoms with Crippen LogP contribution >= 0.6 is 0 Å². The van der Waals surface area contributed by atoms with E-state index in [1.54, 1.807) is 12.1 Å². The summed E-state index contributed by atoms with van der Waals surface area (Å²) in [6.45, 7) is 5.18. The summed E-state index contributed by atoms with van der Waals surface area (Å²) < 4.78 is 33.3. The van der Waals surface area contributed by atoms with E-state index in [2.05, 4.69) is 38.3 Å². The molecular formula is C27H30N6O4S. The number of nitrogens with one attached hydrogen (secondary N) is 1. The third kappa shape index (κ3) is 4.78. The van der Waals surface area contributed by atoms with Crippen molar-refractivity contribution in [2.45, 2.75) is 39.5 Å². The number of carbonyl (C=O) groups excluding carboxylic acids is 1. The molecule has 0 saturated heterocycles. The lowest BCUT2D eigenvalue weighted by Crippen LogP contribution is -2.35. The van der Waals surface area contributed by atoms with Crippen LogP contribution in [-0.4, -0.2) is 53.4 Å². The molecular weight excluding hydrogens is 504 g/mol. The molecule has 1 fully saturated rings. The van der Waals surface area contributed by atoms with Crippen LogP contribution < -0.4 is 15.0 Å². The zero-order valence-electron chi connectivity index (χ0n) is 21.4. The highest BCUT2D eigenvalue weighted by Gasteiger charge is 2.33. The fourth-order valence-electron chi connectivity index (χ4n) is 4.90. The lowest BCUT2D eigenvalue weighted by atomic mass is 10.0. The molecule has 1 aliphatic carbocycles. The van der Waals surface area contributed by atoms with Crippen molar-refractivity contribution >= 4 is 33.3 Å². The molecule has 10 nitrogen and oxygen atoms in total. The van der Waals surface area contributed by atoms with Gasteiger partial charge in [-0.2, -0.15) is 10.1 Å². The quantitative estimate of drug-likeness (QED) is 0.534. The summed E-state index contributed by atoms with van der Waals surface area (Å²) in [5, 5.41) is 7.49. The minimum absolute atomic E-state index is 0.0365. The summed E-state index contributed by atoms with van der Waals surface area (Å²) in [5.41, 5.74) is 4.19. The van der Waals surface area contributed by atoms with Gasteiger partial charge >= 0.3 is 0 Å². The molecule has 38 heavy (non-hydrogen) atoms. The van der Waals surface area contributed by atoms with Crippen LogP contribution in [0.5, 0.6) is 5.88 Å². The van der Waals surface area contributed by atoms with Crippen molar-refractivity contribution in [2.75, 3.05) is 29.1 Å². The minimum atomic E-state index is -3.69. The number of ether oxygens (including phenoxy) is 1. The highest BCUT2D eigenvalue weighted by Crippen LogP contribution is 2.36. The Morgan fingerprint density at radius 2 is 2.00 bits per heavy atom. The molecule has 1 saturated carbocycles. The fourth-order valence-corrected chi connectivity index (χ4v) is 6.57. The first kappa shape index (κ1) is 24.6. The summed E-state index contributed by atoms with van der Waals surface area (Å²) in [6.07, 6.45) is 6.33. The first-order valence-electron chi connectivity index (χ1n) is 13.0. The Labute approximate surface area is 221 Å². The van der Waals surface area contributed by atoms with Crippen LogP contribution in [0.2, 0.25) is 0 Å². The monoisotopic (exact) mass is 534 g/mol. The van der Waals surface area contributed by atoms with Gasteiger partial charge < -0.3 is 15.0 Å². The molecule has 11 heteroatoms. The number of hydrogen-bond acceptors (Lipinski definition) is 8. The maximum absolute atomic E-state index is 13.3. The fraction of sp³-hybridized carbons (Fsp3) is 0.407. The first-order valence-corrected chi connectivity index (χ1v) is 14.6. The van der Waals surface area contributed by atoms with Gasteiger partial charge in [0.1, 0.15) is 0 Å². The molecule has 1 amide bonds. The minimum Gasteiger partial charge on any atom is -0.477 e. The molecule has 1 atom stereocenters. The Morgan fingerprint density at radius 1 is 1.16 bits per heavy atom. The predicted molar refractivity (Wildman–Crippen MR) is 145 cm³/mol. The van der Waals surface area contributed by atoms with Crippen LogP contribution in [-0.2, 0) is 10.0 Å². The summed E-state index contributed by atoms with van der Waals surface area (Å²) in [7, 11) is -3.69. The van der Waals surface area contributed by atoms with E-state index in [0.29, 0.717) is 35.9 Å². The number of guanidine groups is 1. The van der Waals surface area contributed by atoms with E-state index >= 15 is 0 Å². The number of benzene rings is 1. The van der Waals surface area contributed by atoms with Crippen LogP contribution in [0.1, 0.15) is 48.5 Å². The zero-order valence-corrected chi connectivity index (χ0v) is 22.2. The lowest BCUT2D eigenvalue weighted by molar-refractivity contribution is 0.100. The van der Waals surface area contributed by atoms with E-state index in [1.165, 1.54) is 12.4 Å². The highest BCUT2D eigenvalue weighted by molar-refractivity contribution is 7.89. The number of pyridine rings is 1. The SMILES string of the molecule is Cc1ccc2c(c1)N1C[C@H](C)CCCOc3c(cnn3S(=O)(=O)CC3CC3)-c3cc(ccn3)C(=O)/N=C/1N2. The van der Waals surface area contributed by atoms with E-state index in [4.69, 9.17) is 4.74 Å². The smallest absolute Gasteiger partial charge is 0.280 e. The largest absolute Gasteiger partial charge is 0.477 e. The zero-order chi connectivity index (χ0) is 26.4. The van der Waals surface area contributed by atoms with Crippen molar-refractivity contribution in [1.29, 1.82) is 0 Å². The molecule has 0 spiro atoms. The number of amides is 1. The van der Waals surface area contributed by atoms with Gasteiger partial charge in [0.25, 0.3) is 15.9 Å². The number of aryl methyl sites for hydroxylation is 1. The molecule has 3 aliphatic rings. The lowest BCUT2D eigenvalue weighted by Gasteiger charge is -2.23. The van der Waals surface area contributed by atoms with E-state index < -0.39 is 15.9 Å². The number of anilines is 2. The number of aromatic nitrogens is 3. The average molecular weight is 535 g/mol. The molecule has 1 N–H and O–H groups in total. The predicted octanol–water partition coefficient (Wildman–Crippen LogP) is 4.08. The first-order chi connectivity index (χ1) is 18.3. The van der Waals surface area contributed by atoms with E-state index in [9.17, 15) is 13.2 Å². The average Bonchev–Trinajstić information content (AvgIpc) is 3.48. The normalized spacial score (nSPS) is 21.1. The van der Waals surface area contributed by atoms with Crippen molar-refractivity contribution in [2.24, 2.45) is 16.8 Å². The Kier molecular flexibility index (Phi) is 6.17. The molecule has 2 aliphatic heterocycles. The topological polar surface area (TPSA) is 119 Å². The Morgan fingerprint density at radius 3 is 2.82 bits per heavy atom. The molecule has 3 aromatic rings. The maximum Gasteiger partial charge on any atom is 0.280 e. The molecule has 198 valence electrons. The molecule has 0 unspecified atom stereocenters. The molecule has 1 aromatic carbocycles. The van der Waals surface area contributed by atoms with Gasteiger partial charge in [0.2, 0.25) is 11.8 Å². The van der Waals surface area contributed by atoms with E-state index in [1.807, 2.05) is 19.1 Å². The Balaban J connectivity index is 1.40. The van der Waals surface area contributed by atoms with Crippen LogP contribution in [0, 0.1) is 18.8 Å². The molecule has 0 radical (unpaired) electrons. The highest BCUT2D eigenvalue weighted by atomic mass is 32.2. The number of hydrogen-bond donors (Lipinski definition) is 1. The summed E-state index contributed by atoms with van der Waals surface area (Å²) in [6, 6.07) is 9.32. The Hall–Kier alpha value is -3.73. The third-order valence-electron chi connectivity index (χ3n) is 7.11. The molecule has 6 rings (SSSR count). The number of carbonyl (C=O) groups is 1. The van der Waals surface area contributed by atoms with Crippen LogP contribution in [0.15, 0.2) is 47.7 Å². The molecule has 2 aromatic heterocycles. The molecule has 4 heterocycles. The van der Waals surface area contributed by atoms with Crippen LogP contribution in [0.3, 0.4) is 0 Å². The van der Waals surface area contributed by atoms with Crippen molar-refractivity contribution in [3.8, 4) is 17.1 Å².